The maximum Gasteiger partial charge on any atom is 0.253 e. The first-order chi connectivity index (χ1) is 14.4. The summed E-state index contributed by atoms with van der Waals surface area (Å²) < 4.78 is 1.98. The summed E-state index contributed by atoms with van der Waals surface area (Å²) in [6.07, 6.45) is 0. The minimum atomic E-state index is 0.0833. The SMILES string of the molecule is Cc1cc(N2CCN(C(=O)c3cccc(Cn4nc(C)cc4C)c3)CC2)nc(C)n1. The van der Waals surface area contributed by atoms with Crippen molar-refractivity contribution in [2.45, 2.75) is 34.2 Å². The molecule has 7 nitrogen and oxygen atoms in total. The summed E-state index contributed by atoms with van der Waals surface area (Å²) in [5.74, 6) is 1.81. The maximum absolute atomic E-state index is 13.1. The van der Waals surface area contributed by atoms with Crippen LogP contribution >= 0.6 is 0 Å². The van der Waals surface area contributed by atoms with Gasteiger partial charge in [0.25, 0.3) is 5.91 Å². The van der Waals surface area contributed by atoms with Crippen molar-refractivity contribution in [3.63, 3.8) is 0 Å². The van der Waals surface area contributed by atoms with Gasteiger partial charge in [-0.1, -0.05) is 12.1 Å². The van der Waals surface area contributed by atoms with Gasteiger partial charge >= 0.3 is 0 Å². The van der Waals surface area contributed by atoms with Crippen molar-refractivity contribution >= 4 is 11.7 Å². The number of nitrogens with zero attached hydrogens (tertiary/aromatic N) is 6. The molecule has 1 amide bonds. The second-order valence-electron chi connectivity index (χ2n) is 7.98. The predicted octanol–water partition coefficient (Wildman–Crippen LogP) is 2.92. The summed E-state index contributed by atoms with van der Waals surface area (Å²) in [5, 5.41) is 4.52. The Morgan fingerprint density at radius 3 is 2.37 bits per heavy atom. The van der Waals surface area contributed by atoms with Gasteiger partial charge < -0.3 is 9.80 Å². The molecule has 0 bridgehead atoms. The third kappa shape index (κ3) is 4.35. The van der Waals surface area contributed by atoms with Crippen LogP contribution in [0.2, 0.25) is 0 Å². The van der Waals surface area contributed by atoms with Crippen LogP contribution in [0, 0.1) is 27.7 Å². The summed E-state index contributed by atoms with van der Waals surface area (Å²) in [5.41, 5.74) is 4.91. The highest BCUT2D eigenvalue weighted by Gasteiger charge is 2.23. The van der Waals surface area contributed by atoms with E-state index in [4.69, 9.17) is 0 Å². The van der Waals surface area contributed by atoms with E-state index in [-0.39, 0.29) is 5.91 Å². The van der Waals surface area contributed by atoms with Gasteiger partial charge in [-0.05, 0) is 51.5 Å². The number of piperazine rings is 1. The lowest BCUT2D eigenvalue weighted by Gasteiger charge is -2.35. The number of carbonyl (C=O) groups is 1. The van der Waals surface area contributed by atoms with Crippen LogP contribution in [0.5, 0.6) is 0 Å². The van der Waals surface area contributed by atoms with Crippen molar-refractivity contribution in [2.24, 2.45) is 0 Å². The van der Waals surface area contributed by atoms with Gasteiger partial charge in [0.05, 0.1) is 12.2 Å². The highest BCUT2D eigenvalue weighted by atomic mass is 16.2. The third-order valence-electron chi connectivity index (χ3n) is 5.45. The van der Waals surface area contributed by atoms with Crippen molar-refractivity contribution in [1.82, 2.24) is 24.6 Å². The molecule has 0 spiro atoms. The van der Waals surface area contributed by atoms with Gasteiger partial charge in [0, 0.05) is 49.2 Å². The molecule has 0 saturated carbocycles. The molecule has 0 atom stereocenters. The first-order valence-electron chi connectivity index (χ1n) is 10.4. The Morgan fingerprint density at radius 2 is 1.70 bits per heavy atom. The van der Waals surface area contributed by atoms with Gasteiger partial charge in [-0.25, -0.2) is 9.97 Å². The molecular weight excluding hydrogens is 376 g/mol. The van der Waals surface area contributed by atoms with E-state index in [0.717, 1.165) is 52.9 Å². The summed E-state index contributed by atoms with van der Waals surface area (Å²) >= 11 is 0. The van der Waals surface area contributed by atoms with Crippen LogP contribution in [0.15, 0.2) is 36.4 Å². The third-order valence-corrected chi connectivity index (χ3v) is 5.45. The Hall–Kier alpha value is -3.22. The van der Waals surface area contributed by atoms with Crippen LogP contribution < -0.4 is 4.90 Å². The first-order valence-corrected chi connectivity index (χ1v) is 10.4. The van der Waals surface area contributed by atoms with Gasteiger partial charge in [0.2, 0.25) is 0 Å². The van der Waals surface area contributed by atoms with Crippen molar-refractivity contribution in [3.05, 3.63) is 70.4 Å². The van der Waals surface area contributed by atoms with Crippen LogP contribution in [0.25, 0.3) is 0 Å². The second-order valence-corrected chi connectivity index (χ2v) is 7.98. The smallest absolute Gasteiger partial charge is 0.253 e. The fourth-order valence-corrected chi connectivity index (χ4v) is 3.99. The number of hydrogen-bond donors (Lipinski definition) is 0. The van der Waals surface area contributed by atoms with Crippen LogP contribution in [0.4, 0.5) is 5.82 Å². The Bertz CT molecular complexity index is 1050. The van der Waals surface area contributed by atoms with Crippen molar-refractivity contribution in [3.8, 4) is 0 Å². The normalized spacial score (nSPS) is 14.3. The molecule has 30 heavy (non-hydrogen) atoms. The molecule has 3 aromatic rings. The Kier molecular flexibility index (Phi) is 5.53. The molecule has 0 radical (unpaired) electrons. The zero-order valence-electron chi connectivity index (χ0n) is 18.1. The van der Waals surface area contributed by atoms with Crippen molar-refractivity contribution in [2.75, 3.05) is 31.1 Å². The Balaban J connectivity index is 1.42. The van der Waals surface area contributed by atoms with Crippen molar-refractivity contribution < 1.29 is 4.79 Å². The second kappa shape index (κ2) is 8.26. The van der Waals surface area contributed by atoms with Gasteiger partial charge in [0.15, 0.2) is 0 Å². The quantitative estimate of drug-likeness (QED) is 0.669. The summed E-state index contributed by atoms with van der Waals surface area (Å²) in [6.45, 7) is 11.5. The van der Waals surface area contributed by atoms with E-state index >= 15 is 0 Å². The summed E-state index contributed by atoms with van der Waals surface area (Å²) in [7, 11) is 0. The van der Waals surface area contributed by atoms with E-state index in [2.05, 4.69) is 33.0 Å². The number of aryl methyl sites for hydroxylation is 4. The van der Waals surface area contributed by atoms with Crippen LogP contribution in [-0.2, 0) is 6.54 Å². The highest BCUT2D eigenvalue weighted by molar-refractivity contribution is 5.94. The largest absolute Gasteiger partial charge is 0.353 e. The van der Waals surface area contributed by atoms with E-state index in [0.29, 0.717) is 19.6 Å². The zero-order valence-corrected chi connectivity index (χ0v) is 18.1. The fraction of sp³-hybridized carbons (Fsp3) is 0.391. The van der Waals surface area contributed by atoms with Gasteiger partial charge in [-0.3, -0.25) is 9.48 Å². The van der Waals surface area contributed by atoms with E-state index in [1.54, 1.807) is 0 Å². The molecular formula is C23H28N6O. The Labute approximate surface area is 177 Å². The molecule has 2 aromatic heterocycles. The maximum atomic E-state index is 13.1. The lowest BCUT2D eigenvalue weighted by Crippen LogP contribution is -2.49. The molecule has 3 heterocycles. The molecule has 4 rings (SSSR count). The lowest BCUT2D eigenvalue weighted by molar-refractivity contribution is 0.0746. The fourth-order valence-electron chi connectivity index (χ4n) is 3.99. The number of amides is 1. The molecule has 156 valence electrons. The van der Waals surface area contributed by atoms with Gasteiger partial charge in [-0.2, -0.15) is 5.10 Å². The number of carbonyl (C=O) groups excluding carboxylic acids is 1. The molecule has 0 unspecified atom stereocenters. The lowest BCUT2D eigenvalue weighted by atomic mass is 10.1. The van der Waals surface area contributed by atoms with Crippen LogP contribution in [0.1, 0.15) is 38.8 Å². The zero-order chi connectivity index (χ0) is 21.3. The van der Waals surface area contributed by atoms with Crippen LogP contribution in [0.3, 0.4) is 0 Å². The minimum Gasteiger partial charge on any atom is -0.353 e. The first kappa shape index (κ1) is 20.1. The molecule has 1 aliphatic heterocycles. The Morgan fingerprint density at radius 1 is 0.933 bits per heavy atom. The minimum absolute atomic E-state index is 0.0833. The average molecular weight is 405 g/mol. The van der Waals surface area contributed by atoms with E-state index < -0.39 is 0 Å². The summed E-state index contributed by atoms with van der Waals surface area (Å²) in [6, 6.07) is 12.0. The number of aromatic nitrogens is 4. The molecule has 1 aliphatic rings. The van der Waals surface area contributed by atoms with Gasteiger partial charge in [-0.15, -0.1) is 0 Å². The number of rotatable bonds is 4. The number of hydrogen-bond acceptors (Lipinski definition) is 5. The summed E-state index contributed by atoms with van der Waals surface area (Å²) in [4.78, 5) is 26.1. The van der Waals surface area contributed by atoms with Gasteiger partial charge in [0.1, 0.15) is 11.6 Å². The van der Waals surface area contributed by atoms with E-state index in [9.17, 15) is 4.79 Å². The molecule has 7 heteroatoms. The molecule has 0 N–H and O–H groups in total. The standard InChI is InChI=1S/C23H28N6O/c1-16-13-22(25-19(4)24-16)27-8-10-28(11-9-27)23(30)21-7-5-6-20(14-21)15-29-18(3)12-17(2)26-29/h5-7,12-14H,8-11,15H2,1-4H3. The molecule has 1 fully saturated rings. The monoisotopic (exact) mass is 404 g/mol. The van der Waals surface area contributed by atoms with Crippen LogP contribution in [-0.4, -0.2) is 56.7 Å². The molecule has 0 aliphatic carbocycles. The number of benzene rings is 1. The van der Waals surface area contributed by atoms with E-state index in [1.165, 1.54) is 0 Å². The van der Waals surface area contributed by atoms with E-state index in [1.807, 2.05) is 60.7 Å². The highest BCUT2D eigenvalue weighted by Crippen LogP contribution is 2.17. The average Bonchev–Trinajstić information content (AvgIpc) is 3.03. The molecule has 1 aromatic carbocycles. The number of anilines is 1. The topological polar surface area (TPSA) is 67.2 Å². The molecule has 1 saturated heterocycles. The van der Waals surface area contributed by atoms with Crippen molar-refractivity contribution in [1.29, 1.82) is 0 Å². The predicted molar refractivity (Wildman–Crippen MR) is 117 cm³/mol.